The lowest BCUT2D eigenvalue weighted by Gasteiger charge is -2.34. The molecule has 1 fully saturated rings. The lowest BCUT2D eigenvalue weighted by atomic mass is 9.86. The molecule has 4 aromatic rings. The summed E-state index contributed by atoms with van der Waals surface area (Å²) in [6, 6.07) is 20.4. The van der Waals surface area contributed by atoms with Crippen molar-refractivity contribution in [3.8, 4) is 11.3 Å². The van der Waals surface area contributed by atoms with Gasteiger partial charge in [-0.15, -0.1) is 0 Å². The molecule has 4 N–H and O–H groups in total. The molecule has 52 heavy (non-hydrogen) atoms. The normalized spacial score (nSPS) is 13.6. The minimum atomic E-state index is -0.298. The van der Waals surface area contributed by atoms with Crippen molar-refractivity contribution in [3.05, 3.63) is 106 Å². The number of amides is 2. The Balaban J connectivity index is 1.20. The minimum absolute atomic E-state index is 0.00595. The highest BCUT2D eigenvalue weighted by molar-refractivity contribution is 6.05. The Hall–Kier alpha value is -4.88. The van der Waals surface area contributed by atoms with Crippen LogP contribution in [-0.4, -0.2) is 96.9 Å². The van der Waals surface area contributed by atoms with E-state index < -0.39 is 0 Å². The van der Waals surface area contributed by atoms with Gasteiger partial charge in [0.2, 0.25) is 0 Å². The number of nitrogens with zero attached hydrogens (tertiary/aromatic N) is 4. The first-order chi connectivity index (χ1) is 24.9. The second-order valence-corrected chi connectivity index (χ2v) is 14.0. The van der Waals surface area contributed by atoms with Crippen LogP contribution in [0.4, 0.5) is 17.2 Å². The van der Waals surface area contributed by atoms with Crippen molar-refractivity contribution in [1.29, 1.82) is 0 Å². The maximum Gasteiger partial charge on any atom is 0.293 e. The molecular weight excluding hydrogens is 658 g/mol. The van der Waals surface area contributed by atoms with Gasteiger partial charge in [-0.1, -0.05) is 45.0 Å². The second-order valence-electron chi connectivity index (χ2n) is 14.0. The predicted octanol–water partition coefficient (Wildman–Crippen LogP) is 4.80. The van der Waals surface area contributed by atoms with Gasteiger partial charge in [-0.05, 0) is 65.9 Å². The third-order valence-electron chi connectivity index (χ3n) is 9.18. The number of hydrogen-bond acceptors (Lipinski definition) is 9. The summed E-state index contributed by atoms with van der Waals surface area (Å²) in [6.45, 7) is 14.7. The van der Waals surface area contributed by atoms with Crippen LogP contribution in [0.3, 0.4) is 0 Å². The summed E-state index contributed by atoms with van der Waals surface area (Å²) >= 11 is 0. The fourth-order valence-corrected chi connectivity index (χ4v) is 5.97. The molecule has 5 rings (SSSR count). The highest BCUT2D eigenvalue weighted by Gasteiger charge is 2.22. The summed E-state index contributed by atoms with van der Waals surface area (Å²) in [4.78, 5) is 48.4. The monoisotopic (exact) mass is 709 g/mol. The van der Waals surface area contributed by atoms with Crippen molar-refractivity contribution in [2.75, 3.05) is 76.3 Å². The maximum absolute atomic E-state index is 13.3. The Morgan fingerprint density at radius 1 is 0.865 bits per heavy atom. The predicted molar refractivity (Wildman–Crippen MR) is 206 cm³/mol. The Morgan fingerprint density at radius 3 is 2.17 bits per heavy atom. The largest absolute Gasteiger partial charge is 0.378 e. The quantitative estimate of drug-likeness (QED) is 0.157. The van der Waals surface area contributed by atoms with E-state index in [4.69, 9.17) is 20.2 Å². The van der Waals surface area contributed by atoms with Crippen LogP contribution in [0, 0.1) is 6.92 Å². The number of rotatable bonds is 14. The zero-order valence-electron chi connectivity index (χ0n) is 30.9. The zero-order valence-corrected chi connectivity index (χ0v) is 30.9. The van der Waals surface area contributed by atoms with Crippen molar-refractivity contribution >= 4 is 29.0 Å². The van der Waals surface area contributed by atoms with E-state index in [1.165, 1.54) is 4.57 Å². The van der Waals surface area contributed by atoms with Gasteiger partial charge in [0.05, 0.1) is 32.1 Å². The lowest BCUT2D eigenvalue weighted by Crippen LogP contribution is -2.49. The molecule has 12 nitrogen and oxygen atoms in total. The molecule has 2 amide bonds. The van der Waals surface area contributed by atoms with Crippen LogP contribution in [0.1, 0.15) is 52.6 Å². The van der Waals surface area contributed by atoms with Crippen LogP contribution >= 0.6 is 0 Å². The van der Waals surface area contributed by atoms with Gasteiger partial charge in [-0.2, -0.15) is 0 Å². The van der Waals surface area contributed by atoms with E-state index in [-0.39, 0.29) is 28.6 Å². The van der Waals surface area contributed by atoms with Gasteiger partial charge in [0.25, 0.3) is 17.4 Å². The van der Waals surface area contributed by atoms with Gasteiger partial charge in [0.1, 0.15) is 0 Å². The number of piperazine rings is 1. The summed E-state index contributed by atoms with van der Waals surface area (Å²) < 4.78 is 12.4. The van der Waals surface area contributed by atoms with Crippen molar-refractivity contribution in [1.82, 2.24) is 19.4 Å². The second kappa shape index (κ2) is 17.6. The van der Waals surface area contributed by atoms with E-state index in [1.807, 2.05) is 54.3 Å². The maximum atomic E-state index is 13.3. The molecule has 0 unspecified atom stereocenters. The summed E-state index contributed by atoms with van der Waals surface area (Å²) in [6.07, 6.45) is 1.68. The van der Waals surface area contributed by atoms with Gasteiger partial charge >= 0.3 is 0 Å². The molecule has 2 heterocycles. The van der Waals surface area contributed by atoms with E-state index >= 15 is 0 Å². The van der Waals surface area contributed by atoms with Gasteiger partial charge in [-0.25, -0.2) is 4.98 Å². The molecule has 0 radical (unpaired) electrons. The van der Waals surface area contributed by atoms with Crippen LogP contribution in [-0.2, 0) is 21.9 Å². The lowest BCUT2D eigenvalue weighted by molar-refractivity contribution is 0.0324. The van der Waals surface area contributed by atoms with Crippen molar-refractivity contribution in [2.45, 2.75) is 33.1 Å². The molecule has 1 aromatic heterocycles. The number of carbonyl (C=O) groups excluding carboxylic acids is 2. The number of anilines is 3. The van der Waals surface area contributed by atoms with Crippen LogP contribution in [0.5, 0.6) is 0 Å². The molecule has 1 saturated heterocycles. The SMILES string of the molecule is Cc1c(NC(=O)c2ccc(C(C)(C)C)cc2)cccc1-c1cn(C)c(=O)c(Nc2ccc(C(=O)N3CCN(CCOCCOCCN)CC3)cc2)n1. The van der Waals surface area contributed by atoms with Gasteiger partial charge in [-0.3, -0.25) is 19.3 Å². The molecule has 0 bridgehead atoms. The molecule has 0 atom stereocenters. The molecule has 0 spiro atoms. The van der Waals surface area contributed by atoms with Crippen molar-refractivity contribution in [2.24, 2.45) is 12.8 Å². The Bertz CT molecular complexity index is 1880. The number of hydrogen-bond donors (Lipinski definition) is 3. The first-order valence-corrected chi connectivity index (χ1v) is 17.8. The average Bonchev–Trinajstić information content (AvgIpc) is 3.14. The first-order valence-electron chi connectivity index (χ1n) is 17.8. The van der Waals surface area contributed by atoms with E-state index in [1.54, 1.807) is 37.5 Å². The van der Waals surface area contributed by atoms with Gasteiger partial charge in [0.15, 0.2) is 5.82 Å². The van der Waals surface area contributed by atoms with E-state index in [9.17, 15) is 14.4 Å². The number of nitrogens with one attached hydrogen (secondary N) is 2. The number of carbonyl (C=O) groups is 2. The Labute approximate surface area is 305 Å². The van der Waals surface area contributed by atoms with E-state index in [2.05, 4.69) is 36.3 Å². The van der Waals surface area contributed by atoms with Gasteiger partial charge < -0.3 is 35.3 Å². The summed E-state index contributed by atoms with van der Waals surface area (Å²) in [5.74, 6) is -0.0854. The Morgan fingerprint density at radius 2 is 1.52 bits per heavy atom. The zero-order chi connectivity index (χ0) is 37.3. The van der Waals surface area contributed by atoms with E-state index in [0.717, 1.165) is 36.3 Å². The molecule has 0 aliphatic carbocycles. The topological polar surface area (TPSA) is 144 Å². The third-order valence-corrected chi connectivity index (χ3v) is 9.18. The van der Waals surface area contributed by atoms with Crippen LogP contribution in [0.2, 0.25) is 0 Å². The fourth-order valence-electron chi connectivity index (χ4n) is 5.97. The Kier molecular flexibility index (Phi) is 13.0. The van der Waals surface area contributed by atoms with Gasteiger partial charge in [0, 0.05) is 80.6 Å². The average molecular weight is 710 g/mol. The molecule has 1 aliphatic heterocycles. The van der Waals surface area contributed by atoms with Crippen molar-refractivity contribution < 1.29 is 19.1 Å². The number of aryl methyl sites for hydroxylation is 1. The number of benzene rings is 3. The smallest absolute Gasteiger partial charge is 0.293 e. The minimum Gasteiger partial charge on any atom is -0.378 e. The molecule has 276 valence electrons. The third kappa shape index (κ3) is 9.91. The fraction of sp³-hybridized carbons (Fsp3) is 0.400. The van der Waals surface area contributed by atoms with Crippen LogP contribution < -0.4 is 21.9 Å². The molecule has 12 heteroatoms. The number of ether oxygens (including phenoxy) is 2. The number of nitrogens with two attached hydrogens (primary N) is 1. The number of aromatic nitrogens is 2. The summed E-state index contributed by atoms with van der Waals surface area (Å²) in [7, 11) is 1.68. The molecule has 3 aromatic carbocycles. The molecule has 0 saturated carbocycles. The summed E-state index contributed by atoms with van der Waals surface area (Å²) in [5, 5.41) is 6.18. The highest BCUT2D eigenvalue weighted by atomic mass is 16.5. The first kappa shape index (κ1) is 38.4. The standard InChI is InChI=1S/C40H51N7O5/c1-28-33(7-6-8-34(28)44-37(48)29-9-13-31(14-10-29)40(2,3)4)35-27-45(5)39(50)36(43-35)42-32-15-11-30(12-16-32)38(49)47-20-18-46(19-21-47)22-24-52-26-25-51-23-17-41/h6-16,27H,17-26,41H2,1-5H3,(H,42,43)(H,44,48). The molecular formula is C40H51N7O5. The van der Waals surface area contributed by atoms with Crippen LogP contribution in [0.25, 0.3) is 11.3 Å². The van der Waals surface area contributed by atoms with Crippen LogP contribution in [0.15, 0.2) is 77.7 Å². The molecule has 1 aliphatic rings. The highest BCUT2D eigenvalue weighted by Crippen LogP contribution is 2.29. The van der Waals surface area contributed by atoms with Crippen molar-refractivity contribution in [3.63, 3.8) is 0 Å². The summed E-state index contributed by atoms with van der Waals surface area (Å²) in [5.41, 5.74) is 10.9. The van der Waals surface area contributed by atoms with E-state index in [0.29, 0.717) is 74.3 Å².